The summed E-state index contributed by atoms with van der Waals surface area (Å²) in [6.45, 7) is 0.906. The van der Waals surface area contributed by atoms with Gasteiger partial charge >= 0.3 is 0 Å². The SMILES string of the molecule is N#CCc1ccc(NC(=O)c2ccc(S(=O)(=O)NCC3CCCO3)cc2)cc1. The summed E-state index contributed by atoms with van der Waals surface area (Å²) in [5.74, 6) is -0.343. The molecule has 7 nitrogen and oxygen atoms in total. The second-order valence-electron chi connectivity index (χ2n) is 6.50. The fourth-order valence-corrected chi connectivity index (χ4v) is 3.94. The average molecular weight is 399 g/mol. The lowest BCUT2D eigenvalue weighted by Crippen LogP contribution is -2.31. The van der Waals surface area contributed by atoms with E-state index in [4.69, 9.17) is 10.00 Å². The van der Waals surface area contributed by atoms with E-state index in [1.807, 2.05) is 0 Å². The zero-order chi connectivity index (χ0) is 20.0. The van der Waals surface area contributed by atoms with Crippen LogP contribution in [0.15, 0.2) is 53.4 Å². The summed E-state index contributed by atoms with van der Waals surface area (Å²) < 4.78 is 32.7. The topological polar surface area (TPSA) is 108 Å². The summed E-state index contributed by atoms with van der Waals surface area (Å²) in [7, 11) is -3.65. The number of hydrogen-bond acceptors (Lipinski definition) is 5. The first-order chi connectivity index (χ1) is 13.5. The summed E-state index contributed by atoms with van der Waals surface area (Å²) in [6, 6.07) is 14.8. The molecule has 0 bridgehead atoms. The third-order valence-corrected chi connectivity index (χ3v) is 5.89. The van der Waals surface area contributed by atoms with Crippen LogP contribution in [0.1, 0.15) is 28.8 Å². The molecule has 28 heavy (non-hydrogen) atoms. The standard InChI is InChI=1S/C20H21N3O4S/c21-12-11-15-3-7-17(8-4-15)23-20(24)16-5-9-19(10-6-16)28(25,26)22-14-18-2-1-13-27-18/h3-10,18,22H,1-2,11,13-14H2,(H,23,24). The molecule has 1 amide bonds. The van der Waals surface area contributed by atoms with E-state index in [9.17, 15) is 13.2 Å². The number of nitriles is 1. The van der Waals surface area contributed by atoms with Gasteiger partial charge in [0, 0.05) is 24.4 Å². The highest BCUT2D eigenvalue weighted by molar-refractivity contribution is 7.89. The van der Waals surface area contributed by atoms with E-state index in [0.717, 1.165) is 18.4 Å². The predicted molar refractivity (Wildman–Crippen MR) is 104 cm³/mol. The van der Waals surface area contributed by atoms with E-state index in [-0.39, 0.29) is 23.5 Å². The highest BCUT2D eigenvalue weighted by atomic mass is 32.2. The van der Waals surface area contributed by atoms with Crippen molar-refractivity contribution < 1.29 is 17.9 Å². The Hall–Kier alpha value is -2.73. The molecule has 2 aromatic carbocycles. The molecule has 1 saturated heterocycles. The average Bonchev–Trinajstić information content (AvgIpc) is 3.22. The molecular weight excluding hydrogens is 378 g/mol. The summed E-state index contributed by atoms with van der Waals surface area (Å²) in [4.78, 5) is 12.4. The number of benzene rings is 2. The maximum Gasteiger partial charge on any atom is 0.255 e. The van der Waals surface area contributed by atoms with Crippen molar-refractivity contribution in [1.29, 1.82) is 5.26 Å². The maximum atomic E-state index is 12.4. The van der Waals surface area contributed by atoms with Crippen molar-refractivity contribution in [3.8, 4) is 6.07 Å². The van der Waals surface area contributed by atoms with E-state index >= 15 is 0 Å². The predicted octanol–water partition coefficient (Wildman–Crippen LogP) is 2.46. The molecule has 1 aliphatic rings. The number of ether oxygens (including phenoxy) is 1. The summed E-state index contributed by atoms with van der Waals surface area (Å²) in [6.07, 6.45) is 2.01. The maximum absolute atomic E-state index is 12.4. The van der Waals surface area contributed by atoms with Crippen LogP contribution in [-0.2, 0) is 21.2 Å². The number of carbonyl (C=O) groups excluding carboxylic acids is 1. The van der Waals surface area contributed by atoms with Gasteiger partial charge in [0.15, 0.2) is 0 Å². The van der Waals surface area contributed by atoms with Gasteiger partial charge in [0.25, 0.3) is 5.91 Å². The van der Waals surface area contributed by atoms with Crippen molar-refractivity contribution in [1.82, 2.24) is 4.72 Å². The zero-order valence-electron chi connectivity index (χ0n) is 15.2. The Kier molecular flexibility index (Phi) is 6.41. The number of rotatable bonds is 7. The molecule has 1 atom stereocenters. The Labute approximate surface area is 164 Å². The first-order valence-corrected chi connectivity index (χ1v) is 10.4. The first-order valence-electron chi connectivity index (χ1n) is 8.96. The molecule has 146 valence electrons. The normalized spacial score (nSPS) is 16.5. The minimum Gasteiger partial charge on any atom is -0.377 e. The van der Waals surface area contributed by atoms with Gasteiger partial charge in [-0.2, -0.15) is 5.26 Å². The molecule has 1 fully saturated rings. The fraction of sp³-hybridized carbons (Fsp3) is 0.300. The fourth-order valence-electron chi connectivity index (χ4n) is 2.88. The van der Waals surface area contributed by atoms with E-state index < -0.39 is 10.0 Å². The van der Waals surface area contributed by atoms with Crippen molar-refractivity contribution >= 4 is 21.6 Å². The van der Waals surface area contributed by atoms with Gasteiger partial charge in [0.05, 0.1) is 23.5 Å². The van der Waals surface area contributed by atoms with Crippen LogP contribution in [-0.4, -0.2) is 33.6 Å². The Morgan fingerprint density at radius 3 is 2.46 bits per heavy atom. The third-order valence-electron chi connectivity index (χ3n) is 4.45. The van der Waals surface area contributed by atoms with Crippen LogP contribution in [0.25, 0.3) is 0 Å². The monoisotopic (exact) mass is 399 g/mol. The van der Waals surface area contributed by atoms with Gasteiger partial charge in [-0.15, -0.1) is 0 Å². The Bertz CT molecular complexity index is 958. The van der Waals surface area contributed by atoms with E-state index in [0.29, 0.717) is 24.3 Å². The molecule has 0 radical (unpaired) electrons. The van der Waals surface area contributed by atoms with Crippen LogP contribution >= 0.6 is 0 Å². The molecule has 0 aliphatic carbocycles. The highest BCUT2D eigenvalue weighted by Crippen LogP contribution is 2.16. The zero-order valence-corrected chi connectivity index (χ0v) is 16.0. The van der Waals surface area contributed by atoms with Crippen LogP contribution < -0.4 is 10.0 Å². The summed E-state index contributed by atoms with van der Waals surface area (Å²) in [5.41, 5.74) is 1.81. The van der Waals surface area contributed by atoms with Gasteiger partial charge in [-0.25, -0.2) is 13.1 Å². The summed E-state index contributed by atoms with van der Waals surface area (Å²) in [5, 5.41) is 11.4. The van der Waals surface area contributed by atoms with Crippen molar-refractivity contribution in [2.75, 3.05) is 18.5 Å². The van der Waals surface area contributed by atoms with Crippen LogP contribution in [0.4, 0.5) is 5.69 Å². The van der Waals surface area contributed by atoms with Gasteiger partial charge in [-0.05, 0) is 54.8 Å². The lowest BCUT2D eigenvalue weighted by atomic mass is 10.1. The molecule has 3 rings (SSSR count). The van der Waals surface area contributed by atoms with Gasteiger partial charge in [-0.3, -0.25) is 4.79 Å². The lowest BCUT2D eigenvalue weighted by Gasteiger charge is -2.12. The van der Waals surface area contributed by atoms with Crippen molar-refractivity contribution in [3.05, 3.63) is 59.7 Å². The molecule has 2 aromatic rings. The van der Waals surface area contributed by atoms with Gasteiger partial charge < -0.3 is 10.1 Å². The molecule has 0 aromatic heterocycles. The second kappa shape index (κ2) is 8.97. The quantitative estimate of drug-likeness (QED) is 0.743. The van der Waals surface area contributed by atoms with Crippen LogP contribution in [0.5, 0.6) is 0 Å². The Morgan fingerprint density at radius 2 is 1.86 bits per heavy atom. The number of nitrogens with one attached hydrogen (secondary N) is 2. The molecule has 1 heterocycles. The van der Waals surface area contributed by atoms with Crippen LogP contribution in [0.2, 0.25) is 0 Å². The third kappa shape index (κ3) is 5.16. The molecular formula is C20H21N3O4S. The number of sulfonamides is 1. The number of anilines is 1. The highest BCUT2D eigenvalue weighted by Gasteiger charge is 2.20. The second-order valence-corrected chi connectivity index (χ2v) is 8.26. The van der Waals surface area contributed by atoms with Crippen LogP contribution in [0.3, 0.4) is 0 Å². The largest absolute Gasteiger partial charge is 0.377 e. The van der Waals surface area contributed by atoms with Crippen LogP contribution in [0, 0.1) is 11.3 Å². The van der Waals surface area contributed by atoms with Gasteiger partial charge in [-0.1, -0.05) is 12.1 Å². The number of hydrogen-bond donors (Lipinski definition) is 2. The minimum absolute atomic E-state index is 0.0839. The minimum atomic E-state index is -3.65. The Balaban J connectivity index is 1.61. The first kappa shape index (κ1) is 20.0. The van der Waals surface area contributed by atoms with Crippen molar-refractivity contribution in [2.45, 2.75) is 30.3 Å². The molecule has 8 heteroatoms. The van der Waals surface area contributed by atoms with E-state index in [1.54, 1.807) is 24.3 Å². The molecule has 1 aliphatic heterocycles. The lowest BCUT2D eigenvalue weighted by molar-refractivity contribution is 0.102. The molecule has 2 N–H and O–H groups in total. The van der Waals surface area contributed by atoms with Crippen molar-refractivity contribution in [2.24, 2.45) is 0 Å². The van der Waals surface area contributed by atoms with E-state index in [1.165, 1.54) is 24.3 Å². The molecule has 1 unspecified atom stereocenters. The number of amides is 1. The van der Waals surface area contributed by atoms with Crippen molar-refractivity contribution in [3.63, 3.8) is 0 Å². The van der Waals surface area contributed by atoms with E-state index in [2.05, 4.69) is 16.1 Å². The number of carbonyl (C=O) groups is 1. The summed E-state index contributed by atoms with van der Waals surface area (Å²) >= 11 is 0. The van der Waals surface area contributed by atoms with Gasteiger partial charge in [0.1, 0.15) is 0 Å². The molecule has 0 spiro atoms. The smallest absolute Gasteiger partial charge is 0.255 e. The Morgan fingerprint density at radius 1 is 1.14 bits per heavy atom. The number of nitrogens with zero attached hydrogens (tertiary/aromatic N) is 1. The molecule has 0 saturated carbocycles. The van der Waals surface area contributed by atoms with Gasteiger partial charge in [0.2, 0.25) is 10.0 Å².